The van der Waals surface area contributed by atoms with Gasteiger partial charge in [0.2, 0.25) is 5.91 Å². The summed E-state index contributed by atoms with van der Waals surface area (Å²) in [5.41, 5.74) is 3.75. The fourth-order valence-electron chi connectivity index (χ4n) is 3.52. The molecule has 1 amide bonds. The largest absolute Gasteiger partial charge is 0.496 e. The molecule has 2 aromatic carbocycles. The summed E-state index contributed by atoms with van der Waals surface area (Å²) in [6.45, 7) is 3.63. The summed E-state index contributed by atoms with van der Waals surface area (Å²) in [4.78, 5) is 12.4. The van der Waals surface area contributed by atoms with E-state index in [-0.39, 0.29) is 17.9 Å². The van der Waals surface area contributed by atoms with Crippen LogP contribution in [0.3, 0.4) is 0 Å². The third-order valence-corrected chi connectivity index (χ3v) is 4.88. The third-order valence-electron chi connectivity index (χ3n) is 4.88. The minimum Gasteiger partial charge on any atom is -0.496 e. The van der Waals surface area contributed by atoms with Crippen molar-refractivity contribution < 1.29 is 9.53 Å². The number of fused-ring (bicyclic) bond motifs is 1. The summed E-state index contributed by atoms with van der Waals surface area (Å²) in [6.07, 6.45) is 1.50. The lowest BCUT2D eigenvalue weighted by Crippen LogP contribution is -2.39. The molecule has 2 N–H and O–H groups in total. The highest BCUT2D eigenvalue weighted by Crippen LogP contribution is 2.28. The highest BCUT2D eigenvalue weighted by atomic mass is 16.5. The van der Waals surface area contributed by atoms with Gasteiger partial charge in [-0.05, 0) is 41.6 Å². The molecule has 132 valence electrons. The summed E-state index contributed by atoms with van der Waals surface area (Å²) in [7, 11) is 1.66. The molecule has 0 bridgehead atoms. The van der Waals surface area contributed by atoms with Crippen molar-refractivity contribution in [2.45, 2.75) is 31.7 Å². The average Bonchev–Trinajstić information content (AvgIpc) is 2.66. The van der Waals surface area contributed by atoms with E-state index in [1.54, 1.807) is 7.11 Å². The maximum atomic E-state index is 12.4. The zero-order chi connectivity index (χ0) is 17.6. The molecule has 0 spiro atoms. The maximum absolute atomic E-state index is 12.4. The van der Waals surface area contributed by atoms with Crippen LogP contribution in [0.15, 0.2) is 48.5 Å². The van der Waals surface area contributed by atoms with Gasteiger partial charge >= 0.3 is 0 Å². The van der Waals surface area contributed by atoms with Crippen LogP contribution in [0, 0.1) is 0 Å². The second-order valence-electron chi connectivity index (χ2n) is 6.61. The third kappa shape index (κ3) is 4.20. The molecule has 0 aromatic heterocycles. The summed E-state index contributed by atoms with van der Waals surface area (Å²) in [6, 6.07) is 16.5. The van der Waals surface area contributed by atoms with Crippen molar-refractivity contribution in [3.05, 3.63) is 65.2 Å². The Hall–Kier alpha value is -2.33. The van der Waals surface area contributed by atoms with Gasteiger partial charge in [-0.3, -0.25) is 4.79 Å². The molecule has 0 fully saturated rings. The number of hydrogen-bond acceptors (Lipinski definition) is 3. The quantitative estimate of drug-likeness (QED) is 0.850. The number of rotatable bonds is 6. The van der Waals surface area contributed by atoms with Crippen molar-refractivity contribution in [2.75, 3.05) is 20.2 Å². The van der Waals surface area contributed by atoms with Crippen LogP contribution in [0.25, 0.3) is 0 Å². The number of hydrogen-bond donors (Lipinski definition) is 2. The first-order valence-corrected chi connectivity index (χ1v) is 8.90. The number of para-hydroxylation sites is 1. The van der Waals surface area contributed by atoms with Crippen molar-refractivity contribution in [3.63, 3.8) is 0 Å². The lowest BCUT2D eigenvalue weighted by molar-refractivity contribution is -0.121. The van der Waals surface area contributed by atoms with E-state index < -0.39 is 0 Å². The molecule has 1 heterocycles. The van der Waals surface area contributed by atoms with Crippen LogP contribution < -0.4 is 15.4 Å². The Morgan fingerprint density at radius 2 is 2.00 bits per heavy atom. The number of benzene rings is 2. The van der Waals surface area contributed by atoms with E-state index in [2.05, 4.69) is 41.8 Å². The number of carbonyl (C=O) groups is 1. The Labute approximate surface area is 149 Å². The van der Waals surface area contributed by atoms with Gasteiger partial charge in [-0.15, -0.1) is 0 Å². The summed E-state index contributed by atoms with van der Waals surface area (Å²) in [5.74, 6) is 1.02. The van der Waals surface area contributed by atoms with Gasteiger partial charge in [0, 0.05) is 19.0 Å². The lowest BCUT2D eigenvalue weighted by Gasteiger charge is -2.27. The van der Waals surface area contributed by atoms with Crippen LogP contribution in [-0.2, 0) is 11.2 Å². The van der Waals surface area contributed by atoms with Crippen LogP contribution in [0.1, 0.15) is 42.0 Å². The summed E-state index contributed by atoms with van der Waals surface area (Å²) < 4.78 is 5.40. The van der Waals surface area contributed by atoms with Crippen molar-refractivity contribution in [1.82, 2.24) is 10.6 Å². The molecule has 1 aliphatic heterocycles. The van der Waals surface area contributed by atoms with Gasteiger partial charge in [0.1, 0.15) is 5.75 Å². The van der Waals surface area contributed by atoms with Crippen molar-refractivity contribution >= 4 is 5.91 Å². The van der Waals surface area contributed by atoms with Gasteiger partial charge < -0.3 is 15.4 Å². The van der Waals surface area contributed by atoms with Crippen molar-refractivity contribution in [1.29, 1.82) is 0 Å². The normalized spacial score (nSPS) is 17.4. The number of methoxy groups -OCH3 is 1. The fourth-order valence-corrected chi connectivity index (χ4v) is 3.52. The first kappa shape index (κ1) is 17.5. The minimum absolute atomic E-state index is 0.0725. The molecule has 0 saturated heterocycles. The second kappa shape index (κ2) is 8.17. The SMILES string of the molecule is COc1ccccc1C(C)CC(=O)NCC1NCCc2ccccc21. The highest BCUT2D eigenvalue weighted by Gasteiger charge is 2.20. The molecule has 25 heavy (non-hydrogen) atoms. The molecule has 1 aliphatic rings. The topological polar surface area (TPSA) is 50.4 Å². The first-order valence-electron chi connectivity index (χ1n) is 8.90. The predicted molar refractivity (Wildman–Crippen MR) is 99.9 cm³/mol. The zero-order valence-corrected chi connectivity index (χ0v) is 14.9. The molecule has 2 unspecified atom stereocenters. The Balaban J connectivity index is 1.57. The second-order valence-corrected chi connectivity index (χ2v) is 6.61. The van der Waals surface area contributed by atoms with Crippen LogP contribution in [0.2, 0.25) is 0 Å². The lowest BCUT2D eigenvalue weighted by atomic mass is 9.94. The molecule has 2 aromatic rings. The maximum Gasteiger partial charge on any atom is 0.220 e. The van der Waals surface area contributed by atoms with E-state index in [1.165, 1.54) is 11.1 Å². The van der Waals surface area contributed by atoms with Crippen LogP contribution in [0.5, 0.6) is 5.75 Å². The highest BCUT2D eigenvalue weighted by molar-refractivity contribution is 5.77. The van der Waals surface area contributed by atoms with Gasteiger partial charge in [-0.2, -0.15) is 0 Å². The van der Waals surface area contributed by atoms with Gasteiger partial charge in [-0.1, -0.05) is 49.4 Å². The van der Waals surface area contributed by atoms with Crippen molar-refractivity contribution in [2.24, 2.45) is 0 Å². The molecular weight excluding hydrogens is 312 g/mol. The number of amides is 1. The first-order chi connectivity index (χ1) is 12.2. The Kier molecular flexibility index (Phi) is 5.71. The van der Waals surface area contributed by atoms with Gasteiger partial charge in [0.05, 0.1) is 7.11 Å². The average molecular weight is 338 g/mol. The molecular formula is C21H26N2O2. The van der Waals surface area contributed by atoms with Gasteiger partial charge in [0.15, 0.2) is 0 Å². The molecule has 0 radical (unpaired) electrons. The molecule has 0 saturated carbocycles. The Bertz CT molecular complexity index is 729. The fraction of sp³-hybridized carbons (Fsp3) is 0.381. The minimum atomic E-state index is 0.0725. The van der Waals surface area contributed by atoms with Gasteiger partial charge in [-0.25, -0.2) is 0 Å². The van der Waals surface area contributed by atoms with E-state index >= 15 is 0 Å². The molecule has 0 aliphatic carbocycles. The van der Waals surface area contributed by atoms with Crippen LogP contribution >= 0.6 is 0 Å². The number of ether oxygens (including phenoxy) is 1. The smallest absolute Gasteiger partial charge is 0.220 e. The monoisotopic (exact) mass is 338 g/mol. The molecule has 4 heteroatoms. The predicted octanol–water partition coefficient (Wildman–Crippen LogP) is 3.19. The zero-order valence-electron chi connectivity index (χ0n) is 14.9. The van der Waals surface area contributed by atoms with Crippen LogP contribution in [-0.4, -0.2) is 26.1 Å². The molecule has 2 atom stereocenters. The van der Waals surface area contributed by atoms with E-state index in [0.29, 0.717) is 13.0 Å². The summed E-state index contributed by atoms with van der Waals surface area (Å²) >= 11 is 0. The number of nitrogens with one attached hydrogen (secondary N) is 2. The van der Waals surface area contributed by atoms with E-state index in [4.69, 9.17) is 4.74 Å². The summed E-state index contributed by atoms with van der Waals surface area (Å²) in [5, 5.41) is 6.59. The molecule has 4 nitrogen and oxygen atoms in total. The number of carbonyl (C=O) groups excluding carboxylic acids is 1. The van der Waals surface area contributed by atoms with E-state index in [0.717, 1.165) is 24.3 Å². The van der Waals surface area contributed by atoms with E-state index in [9.17, 15) is 4.79 Å². The Morgan fingerprint density at radius 1 is 1.24 bits per heavy atom. The molecule has 3 rings (SSSR count). The van der Waals surface area contributed by atoms with E-state index in [1.807, 2.05) is 24.3 Å². The van der Waals surface area contributed by atoms with Gasteiger partial charge in [0.25, 0.3) is 0 Å². The van der Waals surface area contributed by atoms with Crippen molar-refractivity contribution in [3.8, 4) is 5.75 Å². The van der Waals surface area contributed by atoms with Crippen LogP contribution in [0.4, 0.5) is 0 Å². The standard InChI is InChI=1S/C21H26N2O2/c1-15(17-8-5-6-10-20(17)25-2)13-21(24)23-14-19-18-9-4-3-7-16(18)11-12-22-19/h3-10,15,19,22H,11-14H2,1-2H3,(H,23,24). The Morgan fingerprint density at radius 3 is 2.84 bits per heavy atom.